The molecule has 2 aromatic carbocycles. The first-order chi connectivity index (χ1) is 12.6. The molecule has 0 saturated carbocycles. The maximum atomic E-state index is 14.8. The van der Waals surface area contributed by atoms with Crippen molar-refractivity contribution in [3.05, 3.63) is 65.0 Å². The number of nitrogens with zero attached hydrogens (tertiary/aromatic N) is 1. The molecule has 0 bridgehead atoms. The molecule has 0 aromatic heterocycles. The third kappa shape index (κ3) is 2.82. The van der Waals surface area contributed by atoms with Crippen molar-refractivity contribution in [2.45, 2.75) is 18.8 Å². The van der Waals surface area contributed by atoms with Crippen LogP contribution in [0.25, 0.3) is 0 Å². The van der Waals surface area contributed by atoms with Crippen LogP contribution in [0.3, 0.4) is 0 Å². The van der Waals surface area contributed by atoms with Crippen LogP contribution in [0.15, 0.2) is 42.5 Å². The number of nitrogens with one attached hydrogen (secondary N) is 1. The van der Waals surface area contributed by atoms with E-state index in [4.69, 9.17) is 0 Å². The molecule has 4 rings (SSSR count). The number of hydrogen-bond acceptors (Lipinski definition) is 3. The van der Waals surface area contributed by atoms with Gasteiger partial charge >= 0.3 is 0 Å². The molecule has 0 radical (unpaired) electrons. The number of piperidine rings is 1. The van der Waals surface area contributed by atoms with E-state index in [0.717, 1.165) is 25.9 Å². The summed E-state index contributed by atoms with van der Waals surface area (Å²) in [6.07, 6.45) is 1.53. The predicted molar refractivity (Wildman–Crippen MR) is 97.9 cm³/mol. The van der Waals surface area contributed by atoms with Gasteiger partial charge in [-0.05, 0) is 56.7 Å². The van der Waals surface area contributed by atoms with Gasteiger partial charge in [0.2, 0.25) is 0 Å². The zero-order valence-electron chi connectivity index (χ0n) is 14.7. The topological polar surface area (TPSA) is 49.4 Å². The standard InChI is InChI=1S/C21H21FN2O2/c1-24-11-9-13(10-12-24)20(25)18-14-5-2-3-6-15(14)21(26)23-17-8-4-7-16(22)19(17)18/h2-8,13,18H,9-12H2,1H3,(H,23,26). The number of hydrogen-bond donors (Lipinski definition) is 1. The van der Waals surface area contributed by atoms with E-state index in [0.29, 0.717) is 16.8 Å². The highest BCUT2D eigenvalue weighted by Gasteiger charge is 2.38. The molecule has 1 N–H and O–H groups in total. The molecule has 5 heteroatoms. The molecule has 2 aliphatic heterocycles. The van der Waals surface area contributed by atoms with Crippen molar-refractivity contribution in [2.75, 3.05) is 25.5 Å². The molecule has 1 amide bonds. The maximum absolute atomic E-state index is 14.8. The lowest BCUT2D eigenvalue weighted by molar-refractivity contribution is -0.124. The Balaban J connectivity index is 1.86. The van der Waals surface area contributed by atoms with Crippen molar-refractivity contribution >= 4 is 17.4 Å². The molecular weight excluding hydrogens is 331 g/mol. The average molecular weight is 352 g/mol. The number of carbonyl (C=O) groups excluding carboxylic acids is 2. The van der Waals surface area contributed by atoms with E-state index in [2.05, 4.69) is 10.2 Å². The third-order valence-electron chi connectivity index (χ3n) is 5.51. The number of halogens is 1. The van der Waals surface area contributed by atoms with Gasteiger partial charge in [0.15, 0.2) is 0 Å². The number of benzene rings is 2. The fourth-order valence-corrected chi connectivity index (χ4v) is 4.06. The van der Waals surface area contributed by atoms with Gasteiger partial charge in [0.05, 0.1) is 5.92 Å². The van der Waals surface area contributed by atoms with Crippen LogP contribution in [-0.2, 0) is 4.79 Å². The van der Waals surface area contributed by atoms with Crippen molar-refractivity contribution in [3.63, 3.8) is 0 Å². The van der Waals surface area contributed by atoms with Crippen molar-refractivity contribution in [1.29, 1.82) is 0 Å². The van der Waals surface area contributed by atoms with Crippen LogP contribution < -0.4 is 5.32 Å². The van der Waals surface area contributed by atoms with E-state index >= 15 is 0 Å². The summed E-state index contributed by atoms with van der Waals surface area (Å²) in [5.41, 5.74) is 1.71. The highest BCUT2D eigenvalue weighted by molar-refractivity contribution is 6.10. The van der Waals surface area contributed by atoms with Crippen molar-refractivity contribution in [1.82, 2.24) is 4.90 Å². The molecule has 134 valence electrons. The largest absolute Gasteiger partial charge is 0.322 e. The van der Waals surface area contributed by atoms with E-state index in [9.17, 15) is 14.0 Å². The Kier molecular flexibility index (Phi) is 4.32. The molecule has 1 saturated heterocycles. The van der Waals surface area contributed by atoms with Crippen LogP contribution in [-0.4, -0.2) is 36.7 Å². The molecule has 0 aliphatic carbocycles. The second-order valence-electron chi connectivity index (χ2n) is 7.16. The predicted octanol–water partition coefficient (Wildman–Crippen LogP) is 3.43. The molecule has 0 spiro atoms. The minimum Gasteiger partial charge on any atom is -0.322 e. The summed E-state index contributed by atoms with van der Waals surface area (Å²) in [6, 6.07) is 11.6. The lowest BCUT2D eigenvalue weighted by Crippen LogP contribution is -2.36. The first-order valence-electron chi connectivity index (χ1n) is 8.97. The number of carbonyl (C=O) groups is 2. The second-order valence-corrected chi connectivity index (χ2v) is 7.16. The highest BCUT2D eigenvalue weighted by Crippen LogP contribution is 2.40. The SMILES string of the molecule is CN1CCC(C(=O)C2c3ccccc3C(=O)Nc3cccc(F)c32)CC1. The molecule has 2 aromatic rings. The molecule has 1 atom stereocenters. The lowest BCUT2D eigenvalue weighted by atomic mass is 9.77. The number of rotatable bonds is 2. The van der Waals surface area contributed by atoms with Gasteiger partial charge in [0.1, 0.15) is 11.6 Å². The first kappa shape index (κ1) is 16.9. The van der Waals surface area contributed by atoms with Gasteiger partial charge in [-0.2, -0.15) is 0 Å². The Hall–Kier alpha value is -2.53. The van der Waals surface area contributed by atoms with Gasteiger partial charge < -0.3 is 10.2 Å². The van der Waals surface area contributed by atoms with Gasteiger partial charge in [-0.25, -0.2) is 4.39 Å². The monoisotopic (exact) mass is 352 g/mol. The minimum atomic E-state index is -0.755. The number of likely N-dealkylation sites (tertiary alicyclic amines) is 1. The first-order valence-corrected chi connectivity index (χ1v) is 8.97. The molecule has 1 fully saturated rings. The van der Waals surface area contributed by atoms with E-state index in [1.165, 1.54) is 6.07 Å². The van der Waals surface area contributed by atoms with Gasteiger partial charge in [-0.1, -0.05) is 24.3 Å². The van der Waals surface area contributed by atoms with Gasteiger partial charge in [-0.15, -0.1) is 0 Å². The maximum Gasteiger partial charge on any atom is 0.255 e. The molecule has 4 nitrogen and oxygen atoms in total. The van der Waals surface area contributed by atoms with Crippen LogP contribution >= 0.6 is 0 Å². The van der Waals surface area contributed by atoms with Crippen LogP contribution in [0.2, 0.25) is 0 Å². The smallest absolute Gasteiger partial charge is 0.255 e. The highest BCUT2D eigenvalue weighted by atomic mass is 19.1. The Morgan fingerprint density at radius 3 is 2.62 bits per heavy atom. The third-order valence-corrected chi connectivity index (χ3v) is 5.51. The van der Waals surface area contributed by atoms with Gasteiger partial charge in [0, 0.05) is 22.7 Å². The second kappa shape index (κ2) is 6.65. The normalized spacial score (nSPS) is 20.7. The van der Waals surface area contributed by atoms with E-state index in [-0.39, 0.29) is 23.2 Å². The Morgan fingerprint density at radius 2 is 1.85 bits per heavy atom. The van der Waals surface area contributed by atoms with Crippen molar-refractivity contribution in [3.8, 4) is 0 Å². The van der Waals surface area contributed by atoms with Crippen LogP contribution in [0, 0.1) is 11.7 Å². The number of fused-ring (bicyclic) bond motifs is 2. The average Bonchev–Trinajstić information content (AvgIpc) is 2.77. The van der Waals surface area contributed by atoms with E-state index in [1.54, 1.807) is 36.4 Å². The summed E-state index contributed by atoms with van der Waals surface area (Å²) in [6.45, 7) is 1.71. The summed E-state index contributed by atoms with van der Waals surface area (Å²) < 4.78 is 14.8. The zero-order valence-corrected chi connectivity index (χ0v) is 14.7. The summed E-state index contributed by atoms with van der Waals surface area (Å²) in [5.74, 6) is -1.62. The van der Waals surface area contributed by atoms with Gasteiger partial charge in [-0.3, -0.25) is 9.59 Å². The number of Topliss-reactive ketones (excluding diaryl/α,β-unsaturated/α-hetero) is 1. The van der Waals surface area contributed by atoms with Gasteiger partial charge in [0.25, 0.3) is 5.91 Å². The summed E-state index contributed by atoms with van der Waals surface area (Å²) >= 11 is 0. The number of amides is 1. The Bertz CT molecular complexity index is 872. The van der Waals surface area contributed by atoms with Crippen LogP contribution in [0.4, 0.5) is 10.1 Å². The van der Waals surface area contributed by atoms with Crippen LogP contribution in [0.1, 0.15) is 40.2 Å². The molecule has 2 heterocycles. The Labute approximate surface area is 152 Å². The summed E-state index contributed by atoms with van der Waals surface area (Å²) in [5, 5.41) is 2.77. The fraction of sp³-hybridized carbons (Fsp3) is 0.333. The number of ketones is 1. The quantitative estimate of drug-likeness (QED) is 0.901. The summed E-state index contributed by atoms with van der Waals surface area (Å²) in [4.78, 5) is 28.3. The Morgan fingerprint density at radius 1 is 1.12 bits per heavy atom. The molecular formula is C21H21FN2O2. The lowest BCUT2D eigenvalue weighted by Gasteiger charge is -2.31. The van der Waals surface area contributed by atoms with Crippen molar-refractivity contribution < 1.29 is 14.0 Å². The van der Waals surface area contributed by atoms with E-state index < -0.39 is 11.7 Å². The van der Waals surface area contributed by atoms with Crippen LogP contribution in [0.5, 0.6) is 0 Å². The van der Waals surface area contributed by atoms with E-state index in [1.807, 2.05) is 7.05 Å². The molecule has 1 unspecified atom stereocenters. The minimum absolute atomic E-state index is 0.00778. The molecule has 2 aliphatic rings. The zero-order chi connectivity index (χ0) is 18.3. The fourth-order valence-electron chi connectivity index (χ4n) is 4.06. The number of anilines is 1. The molecule has 26 heavy (non-hydrogen) atoms. The van der Waals surface area contributed by atoms with Crippen molar-refractivity contribution in [2.24, 2.45) is 5.92 Å². The summed E-state index contributed by atoms with van der Waals surface area (Å²) in [7, 11) is 2.04.